The second-order valence-corrected chi connectivity index (χ2v) is 6.10. The van der Waals surface area contributed by atoms with Crippen LogP contribution in [0.2, 0.25) is 0 Å². The Morgan fingerprint density at radius 1 is 1.04 bits per heavy atom. The van der Waals surface area contributed by atoms with Crippen LogP contribution in [0, 0.1) is 5.82 Å². The van der Waals surface area contributed by atoms with E-state index < -0.39 is 0 Å². The second kappa shape index (κ2) is 7.45. The minimum absolute atomic E-state index is 0.309. The van der Waals surface area contributed by atoms with Gasteiger partial charge in [0.1, 0.15) is 18.1 Å². The lowest BCUT2D eigenvalue weighted by atomic mass is 10.1. The van der Waals surface area contributed by atoms with Crippen molar-refractivity contribution in [2.45, 2.75) is 13.2 Å². The maximum Gasteiger partial charge on any atom is 0.164 e. The lowest BCUT2D eigenvalue weighted by molar-refractivity contribution is 0.282. The van der Waals surface area contributed by atoms with Gasteiger partial charge in [0.25, 0.3) is 0 Å². The average molecular weight is 363 g/mol. The van der Waals surface area contributed by atoms with E-state index >= 15 is 0 Å². The molecule has 0 N–H and O–H groups in total. The maximum atomic E-state index is 14.7. The van der Waals surface area contributed by atoms with E-state index in [1.54, 1.807) is 31.8 Å². The fourth-order valence-electron chi connectivity index (χ4n) is 2.94. The van der Waals surface area contributed by atoms with Gasteiger partial charge in [-0.25, -0.2) is 9.37 Å². The first-order chi connectivity index (χ1) is 13.2. The molecule has 0 bridgehead atoms. The minimum atomic E-state index is -0.349. The molecule has 0 aliphatic heterocycles. The van der Waals surface area contributed by atoms with Crippen molar-refractivity contribution in [1.29, 1.82) is 0 Å². The molecule has 5 nitrogen and oxygen atoms in total. The number of benzene rings is 1. The number of hydrogen-bond acceptors (Lipinski definition) is 4. The average Bonchev–Trinajstić information content (AvgIpc) is 3.12. The van der Waals surface area contributed by atoms with E-state index in [-0.39, 0.29) is 5.82 Å². The topological polar surface area (TPSA) is 49.2 Å². The van der Waals surface area contributed by atoms with Crippen LogP contribution in [0.15, 0.2) is 67.3 Å². The molecule has 0 spiro atoms. The highest BCUT2D eigenvalue weighted by atomic mass is 19.1. The number of fused-ring (bicyclic) bond motifs is 1. The molecular weight excluding hydrogens is 345 g/mol. The molecule has 3 aromatic heterocycles. The second-order valence-electron chi connectivity index (χ2n) is 6.10. The zero-order chi connectivity index (χ0) is 18.6. The third kappa shape index (κ3) is 3.60. The number of nitrogens with zero attached hydrogens (tertiary/aromatic N) is 3. The van der Waals surface area contributed by atoms with Crippen molar-refractivity contribution in [1.82, 2.24) is 14.5 Å². The van der Waals surface area contributed by atoms with Crippen molar-refractivity contribution in [3.05, 3.63) is 84.2 Å². The van der Waals surface area contributed by atoms with Crippen molar-refractivity contribution >= 4 is 11.0 Å². The van der Waals surface area contributed by atoms with Gasteiger partial charge in [0.15, 0.2) is 11.5 Å². The van der Waals surface area contributed by atoms with Gasteiger partial charge in [0.05, 0.1) is 13.7 Å². The molecule has 0 saturated heterocycles. The van der Waals surface area contributed by atoms with E-state index in [2.05, 4.69) is 9.97 Å². The van der Waals surface area contributed by atoms with Crippen LogP contribution < -0.4 is 9.47 Å². The number of rotatable bonds is 6. The Balaban J connectivity index is 1.59. The van der Waals surface area contributed by atoms with Crippen LogP contribution in [0.4, 0.5) is 4.39 Å². The Morgan fingerprint density at radius 2 is 1.89 bits per heavy atom. The standard InChI is InChI=1S/C21H18FN3O2/c1-26-19-11-17(13-25-10-6-16-3-2-7-24-21(16)25)18(22)12-20(19)27-14-15-4-8-23-9-5-15/h2-12H,13-14H2,1H3. The first kappa shape index (κ1) is 17.0. The fraction of sp³-hybridized carbons (Fsp3) is 0.143. The number of ether oxygens (including phenoxy) is 2. The van der Waals surface area contributed by atoms with Gasteiger partial charge >= 0.3 is 0 Å². The van der Waals surface area contributed by atoms with Gasteiger partial charge in [-0.1, -0.05) is 0 Å². The largest absolute Gasteiger partial charge is 0.493 e. The van der Waals surface area contributed by atoms with E-state index in [0.29, 0.717) is 30.2 Å². The van der Waals surface area contributed by atoms with Gasteiger partial charge in [-0.3, -0.25) is 4.98 Å². The SMILES string of the molecule is COc1cc(Cn2ccc3cccnc32)c(F)cc1OCc1ccncc1. The molecule has 0 unspecified atom stereocenters. The number of methoxy groups -OCH3 is 1. The molecule has 0 atom stereocenters. The first-order valence-corrected chi connectivity index (χ1v) is 8.52. The van der Waals surface area contributed by atoms with Gasteiger partial charge < -0.3 is 14.0 Å². The van der Waals surface area contributed by atoms with Gasteiger partial charge in [-0.2, -0.15) is 0 Å². The van der Waals surface area contributed by atoms with Crippen LogP contribution in [-0.2, 0) is 13.2 Å². The van der Waals surface area contributed by atoms with Gasteiger partial charge in [-0.15, -0.1) is 0 Å². The first-order valence-electron chi connectivity index (χ1n) is 8.52. The van der Waals surface area contributed by atoms with Crippen molar-refractivity contribution in [2.75, 3.05) is 7.11 Å². The van der Waals surface area contributed by atoms with Crippen LogP contribution in [-0.4, -0.2) is 21.6 Å². The number of hydrogen-bond donors (Lipinski definition) is 0. The Kier molecular flexibility index (Phi) is 4.70. The molecule has 0 aliphatic carbocycles. The highest BCUT2D eigenvalue weighted by molar-refractivity contribution is 5.75. The molecule has 0 amide bonds. The fourth-order valence-corrected chi connectivity index (χ4v) is 2.94. The molecule has 0 saturated carbocycles. The monoisotopic (exact) mass is 363 g/mol. The summed E-state index contributed by atoms with van der Waals surface area (Å²) in [6, 6.07) is 12.6. The van der Waals surface area contributed by atoms with E-state index in [1.165, 1.54) is 6.07 Å². The predicted molar refractivity (Wildman–Crippen MR) is 100 cm³/mol. The summed E-state index contributed by atoms with van der Waals surface area (Å²) in [5.74, 6) is 0.509. The molecule has 3 heterocycles. The van der Waals surface area contributed by atoms with E-state index in [4.69, 9.17) is 9.47 Å². The predicted octanol–water partition coefficient (Wildman–Crippen LogP) is 4.21. The van der Waals surface area contributed by atoms with E-state index in [0.717, 1.165) is 16.6 Å². The van der Waals surface area contributed by atoms with Crippen molar-refractivity contribution < 1.29 is 13.9 Å². The molecule has 4 aromatic rings. The summed E-state index contributed by atoms with van der Waals surface area (Å²) in [5.41, 5.74) is 2.27. The number of aromatic nitrogens is 3. The molecule has 27 heavy (non-hydrogen) atoms. The van der Waals surface area contributed by atoms with Crippen LogP contribution in [0.25, 0.3) is 11.0 Å². The molecule has 1 aromatic carbocycles. The van der Waals surface area contributed by atoms with Gasteiger partial charge in [0.2, 0.25) is 0 Å². The molecule has 136 valence electrons. The van der Waals surface area contributed by atoms with E-state index in [1.807, 2.05) is 41.1 Å². The molecule has 6 heteroatoms. The highest BCUT2D eigenvalue weighted by Gasteiger charge is 2.13. The summed E-state index contributed by atoms with van der Waals surface area (Å²) < 4.78 is 27.8. The summed E-state index contributed by atoms with van der Waals surface area (Å²) in [7, 11) is 1.54. The van der Waals surface area contributed by atoms with Crippen LogP contribution >= 0.6 is 0 Å². The zero-order valence-electron chi connectivity index (χ0n) is 14.8. The maximum absolute atomic E-state index is 14.7. The lowest BCUT2D eigenvalue weighted by Gasteiger charge is -2.14. The Bertz CT molecular complexity index is 1060. The number of pyridine rings is 2. The molecule has 0 fully saturated rings. The third-order valence-electron chi connectivity index (χ3n) is 4.34. The van der Waals surface area contributed by atoms with Gasteiger partial charge in [0, 0.05) is 41.8 Å². The van der Waals surface area contributed by atoms with Crippen molar-refractivity contribution in [2.24, 2.45) is 0 Å². The Labute approximate surface area is 156 Å². The minimum Gasteiger partial charge on any atom is -0.493 e. The zero-order valence-corrected chi connectivity index (χ0v) is 14.8. The smallest absolute Gasteiger partial charge is 0.164 e. The molecule has 4 rings (SSSR count). The molecule has 0 radical (unpaired) electrons. The van der Waals surface area contributed by atoms with Gasteiger partial charge in [-0.05, 0) is 42.0 Å². The van der Waals surface area contributed by atoms with E-state index in [9.17, 15) is 4.39 Å². The van der Waals surface area contributed by atoms with Crippen molar-refractivity contribution in [3.8, 4) is 11.5 Å². The Hall–Kier alpha value is -3.41. The number of halogens is 1. The summed E-state index contributed by atoms with van der Waals surface area (Å²) in [4.78, 5) is 8.34. The summed E-state index contributed by atoms with van der Waals surface area (Å²) >= 11 is 0. The van der Waals surface area contributed by atoms with Crippen LogP contribution in [0.5, 0.6) is 11.5 Å². The van der Waals surface area contributed by atoms with Crippen molar-refractivity contribution in [3.63, 3.8) is 0 Å². The highest BCUT2D eigenvalue weighted by Crippen LogP contribution is 2.31. The molecular formula is C21H18FN3O2. The quantitative estimate of drug-likeness (QED) is 0.515. The lowest BCUT2D eigenvalue weighted by Crippen LogP contribution is -2.04. The summed E-state index contributed by atoms with van der Waals surface area (Å²) in [5, 5.41) is 1.02. The third-order valence-corrected chi connectivity index (χ3v) is 4.34. The van der Waals surface area contributed by atoms with Crippen LogP contribution in [0.1, 0.15) is 11.1 Å². The van der Waals surface area contributed by atoms with Crippen LogP contribution in [0.3, 0.4) is 0 Å². The Morgan fingerprint density at radius 3 is 2.70 bits per heavy atom. The summed E-state index contributed by atoms with van der Waals surface area (Å²) in [6.45, 7) is 0.664. The molecule has 0 aliphatic rings. The summed E-state index contributed by atoms with van der Waals surface area (Å²) in [6.07, 6.45) is 7.01. The normalized spacial score (nSPS) is 10.9.